The third-order valence-electron chi connectivity index (χ3n) is 5.26. The summed E-state index contributed by atoms with van der Waals surface area (Å²) in [6.45, 7) is 4.94. The number of amides is 1. The highest BCUT2D eigenvalue weighted by Gasteiger charge is 2.27. The number of unbranched alkanes of at least 4 members (excludes halogenated alkanes) is 1. The minimum absolute atomic E-state index is 0.142. The molecule has 30 heavy (non-hydrogen) atoms. The van der Waals surface area contributed by atoms with Crippen LogP contribution in [0, 0.1) is 6.92 Å². The standard InChI is InChI=1S/C23H30N2O4S/c1-3-4-7-19-8-10-20(11-9-19)24-23(26)17-29-22-13-12-21(16-18(22)2)30(27,28)25-14-5-6-15-25/h8-13,16H,3-7,14-15,17H2,1-2H3,(H,24,26). The first kappa shape index (κ1) is 22.3. The summed E-state index contributed by atoms with van der Waals surface area (Å²) >= 11 is 0. The molecule has 0 unspecified atom stereocenters. The van der Waals surface area contributed by atoms with Gasteiger partial charge in [0.25, 0.3) is 5.91 Å². The van der Waals surface area contributed by atoms with E-state index in [1.807, 2.05) is 24.3 Å². The van der Waals surface area contributed by atoms with Crippen molar-refractivity contribution in [2.24, 2.45) is 0 Å². The lowest BCUT2D eigenvalue weighted by molar-refractivity contribution is -0.118. The van der Waals surface area contributed by atoms with Gasteiger partial charge >= 0.3 is 0 Å². The summed E-state index contributed by atoms with van der Waals surface area (Å²) in [6, 6.07) is 12.6. The first-order valence-corrected chi connectivity index (χ1v) is 12.0. The molecule has 1 N–H and O–H groups in total. The third-order valence-corrected chi connectivity index (χ3v) is 7.16. The maximum Gasteiger partial charge on any atom is 0.262 e. The molecule has 6 nitrogen and oxygen atoms in total. The maximum atomic E-state index is 12.7. The lowest BCUT2D eigenvalue weighted by atomic mass is 10.1. The minimum Gasteiger partial charge on any atom is -0.483 e. The summed E-state index contributed by atoms with van der Waals surface area (Å²) in [4.78, 5) is 12.5. The van der Waals surface area contributed by atoms with Gasteiger partial charge in [0.15, 0.2) is 6.61 Å². The van der Waals surface area contributed by atoms with Gasteiger partial charge in [0.2, 0.25) is 10.0 Å². The SMILES string of the molecule is CCCCc1ccc(NC(=O)COc2ccc(S(=O)(=O)N3CCCC3)cc2C)cc1. The van der Waals surface area contributed by atoms with E-state index in [4.69, 9.17) is 4.74 Å². The summed E-state index contributed by atoms with van der Waals surface area (Å²) in [5.41, 5.74) is 2.67. The number of nitrogens with one attached hydrogen (secondary N) is 1. The molecule has 3 rings (SSSR count). The molecular formula is C23H30N2O4S. The Labute approximate surface area is 179 Å². The molecule has 0 aliphatic carbocycles. The molecule has 0 aromatic heterocycles. The second-order valence-corrected chi connectivity index (χ2v) is 9.61. The van der Waals surface area contributed by atoms with Crippen LogP contribution < -0.4 is 10.1 Å². The maximum absolute atomic E-state index is 12.7. The van der Waals surface area contributed by atoms with Crippen molar-refractivity contribution in [3.05, 3.63) is 53.6 Å². The van der Waals surface area contributed by atoms with Gasteiger partial charge in [0, 0.05) is 18.8 Å². The van der Waals surface area contributed by atoms with E-state index >= 15 is 0 Å². The largest absolute Gasteiger partial charge is 0.483 e. The Balaban J connectivity index is 1.55. The van der Waals surface area contributed by atoms with Gasteiger partial charge in [0.05, 0.1) is 4.90 Å². The van der Waals surface area contributed by atoms with Crippen LogP contribution in [-0.2, 0) is 21.2 Å². The Hall–Kier alpha value is -2.38. The molecule has 1 saturated heterocycles. The molecule has 7 heteroatoms. The van der Waals surface area contributed by atoms with Crippen molar-refractivity contribution in [3.8, 4) is 5.75 Å². The Morgan fingerprint density at radius 2 is 1.80 bits per heavy atom. The van der Waals surface area contributed by atoms with Crippen LogP contribution in [0.3, 0.4) is 0 Å². The highest BCUT2D eigenvalue weighted by molar-refractivity contribution is 7.89. The molecule has 0 spiro atoms. The molecule has 1 fully saturated rings. The van der Waals surface area contributed by atoms with Crippen molar-refractivity contribution in [2.75, 3.05) is 25.0 Å². The van der Waals surface area contributed by atoms with Gasteiger partial charge in [-0.3, -0.25) is 4.79 Å². The van der Waals surface area contributed by atoms with Gasteiger partial charge in [-0.2, -0.15) is 4.31 Å². The topological polar surface area (TPSA) is 75.7 Å². The zero-order valence-electron chi connectivity index (χ0n) is 17.7. The van der Waals surface area contributed by atoms with E-state index in [2.05, 4.69) is 12.2 Å². The Kier molecular flexibility index (Phi) is 7.50. The lowest BCUT2D eigenvalue weighted by Gasteiger charge is -2.17. The molecule has 2 aromatic rings. The lowest BCUT2D eigenvalue weighted by Crippen LogP contribution is -2.27. The normalized spacial score (nSPS) is 14.6. The summed E-state index contributed by atoms with van der Waals surface area (Å²) in [5.74, 6) is 0.241. The van der Waals surface area contributed by atoms with E-state index in [1.54, 1.807) is 25.1 Å². The number of hydrogen-bond donors (Lipinski definition) is 1. The van der Waals surface area contributed by atoms with Crippen LogP contribution in [0.5, 0.6) is 5.75 Å². The van der Waals surface area contributed by atoms with Gasteiger partial charge in [-0.1, -0.05) is 25.5 Å². The molecule has 0 atom stereocenters. The summed E-state index contributed by atoms with van der Waals surface area (Å²) < 4.78 is 32.5. The smallest absolute Gasteiger partial charge is 0.262 e. The fraction of sp³-hybridized carbons (Fsp3) is 0.435. The number of carbonyl (C=O) groups excluding carboxylic acids is 1. The average Bonchev–Trinajstić information content (AvgIpc) is 3.28. The van der Waals surface area contributed by atoms with E-state index in [-0.39, 0.29) is 17.4 Å². The van der Waals surface area contributed by atoms with E-state index in [1.165, 1.54) is 9.87 Å². The van der Waals surface area contributed by atoms with Gasteiger partial charge in [0.1, 0.15) is 5.75 Å². The van der Waals surface area contributed by atoms with Crippen LogP contribution in [0.15, 0.2) is 47.4 Å². The molecule has 1 aliphatic heterocycles. The number of anilines is 1. The van der Waals surface area contributed by atoms with Gasteiger partial charge in [-0.15, -0.1) is 0 Å². The zero-order chi connectivity index (χ0) is 21.6. The fourth-order valence-corrected chi connectivity index (χ4v) is 5.10. The van der Waals surface area contributed by atoms with Crippen molar-refractivity contribution in [3.63, 3.8) is 0 Å². The Bertz CT molecular complexity index is 965. The van der Waals surface area contributed by atoms with E-state index in [9.17, 15) is 13.2 Å². The second kappa shape index (κ2) is 10.1. The minimum atomic E-state index is -3.46. The van der Waals surface area contributed by atoms with Crippen LogP contribution in [-0.4, -0.2) is 38.3 Å². The predicted octanol–water partition coefficient (Wildman–Crippen LogP) is 4.14. The van der Waals surface area contributed by atoms with Gasteiger partial charge in [-0.05, 0) is 74.1 Å². The molecule has 0 bridgehead atoms. The van der Waals surface area contributed by atoms with Crippen LogP contribution >= 0.6 is 0 Å². The molecular weight excluding hydrogens is 400 g/mol. The van der Waals surface area contributed by atoms with Crippen LogP contribution in [0.25, 0.3) is 0 Å². The summed E-state index contributed by atoms with van der Waals surface area (Å²) in [5, 5.41) is 2.82. The van der Waals surface area contributed by atoms with Crippen molar-refractivity contribution in [2.45, 2.75) is 50.8 Å². The average molecular weight is 431 g/mol. The number of rotatable bonds is 9. The van der Waals surface area contributed by atoms with Crippen molar-refractivity contribution >= 4 is 21.6 Å². The molecule has 0 saturated carbocycles. The van der Waals surface area contributed by atoms with E-state index in [0.717, 1.165) is 37.8 Å². The van der Waals surface area contributed by atoms with E-state index < -0.39 is 10.0 Å². The molecule has 1 heterocycles. The number of carbonyl (C=O) groups is 1. The molecule has 162 valence electrons. The number of nitrogens with zero attached hydrogens (tertiary/aromatic N) is 1. The van der Waals surface area contributed by atoms with Crippen molar-refractivity contribution < 1.29 is 17.9 Å². The van der Waals surface area contributed by atoms with E-state index in [0.29, 0.717) is 24.4 Å². The number of hydrogen-bond acceptors (Lipinski definition) is 4. The first-order chi connectivity index (χ1) is 14.4. The highest BCUT2D eigenvalue weighted by atomic mass is 32.2. The van der Waals surface area contributed by atoms with Crippen LogP contribution in [0.2, 0.25) is 0 Å². The Morgan fingerprint density at radius 3 is 2.43 bits per heavy atom. The van der Waals surface area contributed by atoms with Gasteiger partial charge < -0.3 is 10.1 Å². The number of benzene rings is 2. The molecule has 0 radical (unpaired) electrons. The van der Waals surface area contributed by atoms with Crippen molar-refractivity contribution in [1.29, 1.82) is 0 Å². The molecule has 1 amide bonds. The highest BCUT2D eigenvalue weighted by Crippen LogP contribution is 2.26. The fourth-order valence-electron chi connectivity index (χ4n) is 3.50. The number of aryl methyl sites for hydroxylation is 2. The zero-order valence-corrected chi connectivity index (χ0v) is 18.5. The molecule has 1 aliphatic rings. The van der Waals surface area contributed by atoms with Crippen molar-refractivity contribution in [1.82, 2.24) is 4.31 Å². The predicted molar refractivity (Wildman–Crippen MR) is 118 cm³/mol. The summed E-state index contributed by atoms with van der Waals surface area (Å²) in [7, 11) is -3.46. The van der Waals surface area contributed by atoms with Gasteiger partial charge in [-0.25, -0.2) is 8.42 Å². The van der Waals surface area contributed by atoms with Crippen LogP contribution in [0.4, 0.5) is 5.69 Å². The number of sulfonamides is 1. The summed E-state index contributed by atoms with van der Waals surface area (Å²) in [6.07, 6.45) is 5.14. The monoisotopic (exact) mass is 430 g/mol. The molecule has 2 aromatic carbocycles. The Morgan fingerprint density at radius 1 is 1.10 bits per heavy atom. The van der Waals surface area contributed by atoms with Crippen LogP contribution in [0.1, 0.15) is 43.7 Å². The third kappa shape index (κ3) is 5.61. The quantitative estimate of drug-likeness (QED) is 0.649. The number of ether oxygens (including phenoxy) is 1. The second-order valence-electron chi connectivity index (χ2n) is 7.68. The first-order valence-electron chi connectivity index (χ1n) is 10.5.